The first-order valence-corrected chi connectivity index (χ1v) is 21.1. The van der Waals surface area contributed by atoms with E-state index < -0.39 is 5.41 Å². The molecular weight excluding hydrogens is 735 g/mol. The predicted octanol–water partition coefficient (Wildman–Crippen LogP) is 13.9. The van der Waals surface area contributed by atoms with Crippen molar-refractivity contribution in [2.75, 3.05) is 0 Å². The average Bonchev–Trinajstić information content (AvgIpc) is 3.83. The van der Waals surface area contributed by atoms with Crippen molar-refractivity contribution in [3.05, 3.63) is 221 Å². The molecule has 278 valence electrons. The van der Waals surface area contributed by atoms with E-state index in [1.165, 1.54) is 70.2 Å². The first-order valence-electron chi connectivity index (χ1n) is 20.3. The van der Waals surface area contributed by atoms with E-state index in [1.54, 1.807) is 0 Å². The highest BCUT2D eigenvalue weighted by Crippen LogP contribution is 2.63. The predicted molar refractivity (Wildman–Crippen MR) is 244 cm³/mol. The van der Waals surface area contributed by atoms with Gasteiger partial charge in [-0.25, -0.2) is 15.0 Å². The summed E-state index contributed by atoms with van der Waals surface area (Å²) in [5, 5.41) is 2.55. The van der Waals surface area contributed by atoms with Crippen molar-refractivity contribution < 1.29 is 0 Å². The van der Waals surface area contributed by atoms with Crippen LogP contribution in [0.1, 0.15) is 47.2 Å². The number of rotatable bonds is 4. The molecule has 0 N–H and O–H groups in total. The highest BCUT2D eigenvalue weighted by Gasteiger charge is 2.53. The summed E-state index contributed by atoms with van der Waals surface area (Å²) < 4.78 is 2.45. The van der Waals surface area contributed by atoms with Gasteiger partial charge in [-0.3, -0.25) is 0 Å². The molecule has 0 unspecified atom stereocenters. The maximum Gasteiger partial charge on any atom is 0.165 e. The van der Waals surface area contributed by atoms with Crippen LogP contribution in [0.4, 0.5) is 0 Å². The third kappa shape index (κ3) is 4.84. The van der Waals surface area contributed by atoms with Crippen molar-refractivity contribution >= 4 is 31.5 Å². The van der Waals surface area contributed by atoms with Crippen LogP contribution in [0.25, 0.3) is 76.6 Å². The van der Waals surface area contributed by atoms with Crippen LogP contribution in [-0.4, -0.2) is 15.0 Å². The summed E-state index contributed by atoms with van der Waals surface area (Å²) in [6, 6.07) is 68.1. The topological polar surface area (TPSA) is 38.7 Å². The highest BCUT2D eigenvalue weighted by molar-refractivity contribution is 7.26. The molecule has 0 amide bonds. The summed E-state index contributed by atoms with van der Waals surface area (Å²) in [6.45, 7) is 4.84. The molecule has 0 fully saturated rings. The highest BCUT2D eigenvalue weighted by atomic mass is 32.1. The van der Waals surface area contributed by atoms with Gasteiger partial charge in [0.1, 0.15) is 0 Å². The fourth-order valence-electron chi connectivity index (χ4n) is 10.3. The van der Waals surface area contributed by atoms with Gasteiger partial charge in [0.25, 0.3) is 0 Å². The van der Waals surface area contributed by atoms with Gasteiger partial charge in [0.15, 0.2) is 17.5 Å². The molecule has 2 aliphatic carbocycles. The van der Waals surface area contributed by atoms with Crippen molar-refractivity contribution in [2.45, 2.75) is 24.7 Å². The Morgan fingerprint density at radius 3 is 1.53 bits per heavy atom. The van der Waals surface area contributed by atoms with Gasteiger partial charge in [-0.2, -0.15) is 0 Å². The van der Waals surface area contributed by atoms with E-state index in [2.05, 4.69) is 178 Å². The molecule has 2 aromatic heterocycles. The molecular formula is C55H37N3S. The van der Waals surface area contributed by atoms with E-state index >= 15 is 0 Å². The van der Waals surface area contributed by atoms with Crippen LogP contribution in [0.3, 0.4) is 0 Å². The van der Waals surface area contributed by atoms with Crippen LogP contribution >= 0.6 is 11.3 Å². The first kappa shape index (κ1) is 34.1. The lowest BCUT2D eigenvalue weighted by atomic mass is 9.55. The minimum Gasteiger partial charge on any atom is -0.208 e. The van der Waals surface area contributed by atoms with E-state index in [0.29, 0.717) is 17.5 Å². The van der Waals surface area contributed by atoms with Crippen LogP contribution in [0, 0.1) is 0 Å². The van der Waals surface area contributed by atoms with Gasteiger partial charge in [0.2, 0.25) is 0 Å². The smallest absolute Gasteiger partial charge is 0.165 e. The Bertz CT molecular complexity index is 3240. The van der Waals surface area contributed by atoms with E-state index in [-0.39, 0.29) is 5.41 Å². The lowest BCUT2D eigenvalue weighted by molar-refractivity contribution is 0.569. The van der Waals surface area contributed by atoms with Gasteiger partial charge in [0, 0.05) is 42.3 Å². The molecule has 12 rings (SSSR count). The molecule has 10 aromatic rings. The molecule has 0 saturated carbocycles. The number of hydrogen-bond donors (Lipinski definition) is 0. The molecule has 3 nitrogen and oxygen atoms in total. The molecule has 59 heavy (non-hydrogen) atoms. The van der Waals surface area contributed by atoms with Crippen molar-refractivity contribution in [1.82, 2.24) is 15.0 Å². The summed E-state index contributed by atoms with van der Waals surface area (Å²) in [4.78, 5) is 15.6. The quantitative estimate of drug-likeness (QED) is 0.179. The number of aromatic nitrogens is 3. The Hall–Kier alpha value is -7.01. The zero-order valence-corrected chi connectivity index (χ0v) is 33.5. The van der Waals surface area contributed by atoms with Crippen LogP contribution in [-0.2, 0) is 10.8 Å². The van der Waals surface area contributed by atoms with Crippen molar-refractivity contribution in [2.24, 2.45) is 0 Å². The minimum atomic E-state index is -0.446. The molecule has 0 aliphatic heterocycles. The minimum absolute atomic E-state index is 0.278. The summed E-state index contributed by atoms with van der Waals surface area (Å²) in [6.07, 6.45) is 0. The number of fused-ring (bicyclic) bond motifs is 13. The SMILES string of the molecule is CC1(C)c2ccccc2C2(c3ccccc3-c3ccccc32)c2ccc3sc4c(-c5nc(-c6ccccc6)nc(-c6ccc(-c7ccccc7)cc6)n5)cccc4c3c21. The van der Waals surface area contributed by atoms with E-state index in [1.807, 2.05) is 35.6 Å². The van der Waals surface area contributed by atoms with Crippen LogP contribution in [0.2, 0.25) is 0 Å². The zero-order valence-electron chi connectivity index (χ0n) is 32.6. The van der Waals surface area contributed by atoms with Gasteiger partial charge >= 0.3 is 0 Å². The molecule has 0 atom stereocenters. The zero-order chi connectivity index (χ0) is 39.3. The molecule has 8 aromatic carbocycles. The van der Waals surface area contributed by atoms with Gasteiger partial charge in [-0.05, 0) is 67.8 Å². The number of nitrogens with zero attached hydrogens (tertiary/aromatic N) is 3. The van der Waals surface area contributed by atoms with Crippen molar-refractivity contribution in [3.8, 4) is 56.4 Å². The molecule has 4 heteroatoms. The van der Waals surface area contributed by atoms with Gasteiger partial charge in [-0.15, -0.1) is 11.3 Å². The summed E-state index contributed by atoms with van der Waals surface area (Å²) in [7, 11) is 0. The van der Waals surface area contributed by atoms with E-state index in [0.717, 1.165) is 22.3 Å². The standard InChI is InChI=1S/C55H37N3S/c1-54(2)44-26-13-14-27-45(44)55(42-24-11-9-20-38(42)39-21-10-12-25-43(39)55)46-32-33-47-48(49(46)54)40-22-15-23-41(50(40)59-47)53-57-51(36-18-7-4-8-19-36)56-52(58-53)37-30-28-35(29-31-37)34-16-5-3-6-17-34/h3-33H,1-2H3. The Balaban J connectivity index is 1.11. The maximum atomic E-state index is 5.26. The molecule has 0 bridgehead atoms. The average molecular weight is 772 g/mol. The normalized spacial score (nSPS) is 14.2. The maximum absolute atomic E-state index is 5.26. The fourth-order valence-corrected chi connectivity index (χ4v) is 11.5. The summed E-state index contributed by atoms with van der Waals surface area (Å²) in [5.41, 5.74) is 15.4. The third-order valence-electron chi connectivity index (χ3n) is 12.8. The van der Waals surface area contributed by atoms with Crippen LogP contribution in [0.5, 0.6) is 0 Å². The second kappa shape index (κ2) is 12.7. The van der Waals surface area contributed by atoms with Crippen LogP contribution < -0.4 is 0 Å². The van der Waals surface area contributed by atoms with Crippen molar-refractivity contribution in [1.29, 1.82) is 0 Å². The van der Waals surface area contributed by atoms with E-state index in [9.17, 15) is 0 Å². The molecule has 1 spiro atoms. The lowest BCUT2D eigenvalue weighted by Gasteiger charge is -2.47. The van der Waals surface area contributed by atoms with Gasteiger partial charge < -0.3 is 0 Å². The Labute approximate surface area is 347 Å². The summed E-state index contributed by atoms with van der Waals surface area (Å²) >= 11 is 1.84. The van der Waals surface area contributed by atoms with Gasteiger partial charge in [0.05, 0.1) is 5.41 Å². The molecule has 2 heterocycles. The number of hydrogen-bond acceptors (Lipinski definition) is 4. The fraction of sp³-hybridized carbons (Fsp3) is 0.0727. The lowest BCUT2D eigenvalue weighted by Crippen LogP contribution is -2.40. The Morgan fingerprint density at radius 1 is 0.373 bits per heavy atom. The van der Waals surface area contributed by atoms with E-state index in [4.69, 9.17) is 15.0 Å². The second-order valence-electron chi connectivity index (χ2n) is 16.3. The third-order valence-corrected chi connectivity index (χ3v) is 14.0. The number of thiophene rings is 1. The molecule has 0 saturated heterocycles. The largest absolute Gasteiger partial charge is 0.208 e. The van der Waals surface area contributed by atoms with Crippen LogP contribution in [0.15, 0.2) is 188 Å². The molecule has 0 radical (unpaired) electrons. The Kier molecular flexibility index (Phi) is 7.36. The number of benzene rings is 8. The molecule has 2 aliphatic rings. The first-order chi connectivity index (χ1) is 29.0. The van der Waals surface area contributed by atoms with Crippen molar-refractivity contribution in [3.63, 3.8) is 0 Å². The second-order valence-corrected chi connectivity index (χ2v) is 17.3. The Morgan fingerprint density at radius 2 is 0.864 bits per heavy atom. The monoisotopic (exact) mass is 771 g/mol. The summed E-state index contributed by atoms with van der Waals surface area (Å²) in [5.74, 6) is 1.99. The van der Waals surface area contributed by atoms with Gasteiger partial charge in [-0.1, -0.05) is 190 Å².